The Bertz CT molecular complexity index is 237. The zero-order chi connectivity index (χ0) is 8.10. The number of nitrogens with zero attached hydrogens (tertiary/aromatic N) is 2. The maximum atomic E-state index is 10.9. The molecule has 0 saturated heterocycles. The van der Waals surface area contributed by atoms with Gasteiger partial charge in [-0.25, -0.2) is 9.97 Å². The Morgan fingerprint density at radius 2 is 2.18 bits per heavy atom. The van der Waals surface area contributed by atoms with E-state index in [-0.39, 0.29) is 5.12 Å². The average Bonchev–Trinajstić information content (AvgIpc) is 2.06. The van der Waals surface area contributed by atoms with Crippen molar-refractivity contribution in [2.75, 3.05) is 6.26 Å². The van der Waals surface area contributed by atoms with E-state index in [9.17, 15) is 4.79 Å². The topological polar surface area (TPSA) is 42.9 Å². The second-order valence-electron chi connectivity index (χ2n) is 2.00. The van der Waals surface area contributed by atoms with Gasteiger partial charge in [0.1, 0.15) is 6.33 Å². The third-order valence-corrected chi connectivity index (χ3v) is 1.79. The van der Waals surface area contributed by atoms with Crippen molar-refractivity contribution in [3.63, 3.8) is 0 Å². The van der Waals surface area contributed by atoms with Gasteiger partial charge in [-0.1, -0.05) is 11.8 Å². The van der Waals surface area contributed by atoms with Gasteiger partial charge in [0.05, 0.1) is 0 Å². The monoisotopic (exact) mass is 168 g/mol. The van der Waals surface area contributed by atoms with Crippen LogP contribution in [0.25, 0.3) is 0 Å². The van der Waals surface area contributed by atoms with E-state index in [1.54, 1.807) is 18.6 Å². The maximum Gasteiger partial charge on any atom is 0.193 e. The predicted molar refractivity (Wildman–Crippen MR) is 44.3 cm³/mol. The Morgan fingerprint density at radius 3 is 2.73 bits per heavy atom. The Labute approximate surface area is 69.3 Å². The molecule has 11 heavy (non-hydrogen) atoms. The molecule has 1 heterocycles. The van der Waals surface area contributed by atoms with E-state index in [2.05, 4.69) is 9.97 Å². The molecule has 0 aliphatic heterocycles. The summed E-state index contributed by atoms with van der Waals surface area (Å²) >= 11 is 1.23. The summed E-state index contributed by atoms with van der Waals surface area (Å²) in [5.41, 5.74) is 0.867. The van der Waals surface area contributed by atoms with Crippen molar-refractivity contribution in [2.24, 2.45) is 0 Å². The number of thioether (sulfide) groups is 1. The van der Waals surface area contributed by atoms with Crippen molar-refractivity contribution in [3.8, 4) is 0 Å². The van der Waals surface area contributed by atoms with Gasteiger partial charge < -0.3 is 0 Å². The molecule has 0 fully saturated rings. The predicted octanol–water partition coefficient (Wildman–Crippen LogP) is 0.909. The molecule has 0 radical (unpaired) electrons. The van der Waals surface area contributed by atoms with Gasteiger partial charge in [-0.3, -0.25) is 4.79 Å². The molecule has 3 nitrogen and oxygen atoms in total. The number of carbonyl (C=O) groups is 1. The van der Waals surface area contributed by atoms with Crippen LogP contribution in [-0.4, -0.2) is 21.3 Å². The summed E-state index contributed by atoms with van der Waals surface area (Å²) in [6.45, 7) is 0. The molecule has 1 rings (SSSR count). The fourth-order valence-corrected chi connectivity index (χ4v) is 0.971. The van der Waals surface area contributed by atoms with E-state index in [0.717, 1.165) is 5.56 Å². The van der Waals surface area contributed by atoms with Crippen LogP contribution in [0.4, 0.5) is 0 Å². The molecular weight excluding hydrogens is 160 g/mol. The van der Waals surface area contributed by atoms with Crippen LogP contribution >= 0.6 is 11.8 Å². The lowest BCUT2D eigenvalue weighted by Gasteiger charge is -1.94. The van der Waals surface area contributed by atoms with Crippen molar-refractivity contribution >= 4 is 16.9 Å². The molecule has 1 aromatic heterocycles. The normalized spacial score (nSPS) is 9.55. The first-order valence-corrected chi connectivity index (χ1v) is 4.36. The molecule has 4 heteroatoms. The zero-order valence-corrected chi connectivity index (χ0v) is 6.97. The highest BCUT2D eigenvalue weighted by atomic mass is 32.2. The molecule has 0 bridgehead atoms. The van der Waals surface area contributed by atoms with Gasteiger partial charge in [0.25, 0.3) is 0 Å². The van der Waals surface area contributed by atoms with Gasteiger partial charge >= 0.3 is 0 Å². The Morgan fingerprint density at radius 1 is 1.55 bits per heavy atom. The van der Waals surface area contributed by atoms with E-state index in [1.165, 1.54) is 18.1 Å². The maximum absolute atomic E-state index is 10.9. The third kappa shape index (κ3) is 2.67. The zero-order valence-electron chi connectivity index (χ0n) is 6.15. The summed E-state index contributed by atoms with van der Waals surface area (Å²) in [5.74, 6) is 0. The van der Waals surface area contributed by atoms with Crippen molar-refractivity contribution < 1.29 is 4.79 Å². The average molecular weight is 168 g/mol. The van der Waals surface area contributed by atoms with Crippen molar-refractivity contribution in [1.82, 2.24) is 9.97 Å². The minimum atomic E-state index is 0.139. The van der Waals surface area contributed by atoms with E-state index in [1.807, 2.05) is 0 Å². The highest BCUT2D eigenvalue weighted by Crippen LogP contribution is 2.02. The molecule has 58 valence electrons. The minimum Gasteiger partial charge on any atom is -0.287 e. The second-order valence-corrected chi connectivity index (χ2v) is 2.86. The molecule has 0 spiro atoms. The van der Waals surface area contributed by atoms with Crippen molar-refractivity contribution in [2.45, 2.75) is 6.42 Å². The minimum absolute atomic E-state index is 0.139. The Balaban J connectivity index is 2.58. The van der Waals surface area contributed by atoms with Crippen molar-refractivity contribution in [1.29, 1.82) is 0 Å². The van der Waals surface area contributed by atoms with Crippen molar-refractivity contribution in [3.05, 3.63) is 24.3 Å². The van der Waals surface area contributed by atoms with Crippen LogP contribution < -0.4 is 0 Å². The molecule has 0 unspecified atom stereocenters. The second kappa shape index (κ2) is 4.08. The lowest BCUT2D eigenvalue weighted by molar-refractivity contribution is -0.110. The number of rotatable bonds is 2. The largest absolute Gasteiger partial charge is 0.287 e. The summed E-state index contributed by atoms with van der Waals surface area (Å²) in [4.78, 5) is 18.5. The van der Waals surface area contributed by atoms with E-state index in [4.69, 9.17) is 0 Å². The van der Waals surface area contributed by atoms with E-state index in [0.29, 0.717) is 6.42 Å². The summed E-state index contributed by atoms with van der Waals surface area (Å²) in [6.07, 6.45) is 6.95. The van der Waals surface area contributed by atoms with Gasteiger partial charge in [0.2, 0.25) is 0 Å². The molecular formula is C7H8N2OS. The van der Waals surface area contributed by atoms with Crippen LogP contribution in [-0.2, 0) is 11.2 Å². The molecule has 0 N–H and O–H groups in total. The molecule has 0 amide bonds. The van der Waals surface area contributed by atoms with Gasteiger partial charge in [-0.15, -0.1) is 0 Å². The smallest absolute Gasteiger partial charge is 0.193 e. The summed E-state index contributed by atoms with van der Waals surface area (Å²) < 4.78 is 0. The lowest BCUT2D eigenvalue weighted by Crippen LogP contribution is -1.97. The third-order valence-electron chi connectivity index (χ3n) is 1.19. The molecule has 0 atom stereocenters. The lowest BCUT2D eigenvalue weighted by atomic mass is 10.3. The molecule has 0 saturated carbocycles. The first-order valence-electron chi connectivity index (χ1n) is 3.13. The van der Waals surface area contributed by atoms with Crippen LogP contribution in [0.1, 0.15) is 5.56 Å². The number of hydrogen-bond donors (Lipinski definition) is 0. The van der Waals surface area contributed by atoms with Crippen LogP contribution in [0.2, 0.25) is 0 Å². The molecule has 0 aliphatic rings. The first kappa shape index (κ1) is 8.20. The number of carbonyl (C=O) groups excluding carboxylic acids is 1. The van der Waals surface area contributed by atoms with Crippen LogP contribution in [0.3, 0.4) is 0 Å². The molecule has 1 aromatic rings. The molecule has 0 aromatic carbocycles. The van der Waals surface area contributed by atoms with E-state index >= 15 is 0 Å². The number of aromatic nitrogens is 2. The van der Waals surface area contributed by atoms with Gasteiger partial charge in [-0.05, 0) is 11.8 Å². The summed E-state index contributed by atoms with van der Waals surface area (Å²) in [6, 6.07) is 0. The van der Waals surface area contributed by atoms with Gasteiger partial charge in [-0.2, -0.15) is 0 Å². The first-order chi connectivity index (χ1) is 5.33. The summed E-state index contributed by atoms with van der Waals surface area (Å²) in [7, 11) is 0. The highest BCUT2D eigenvalue weighted by molar-refractivity contribution is 8.13. The molecule has 0 aliphatic carbocycles. The van der Waals surface area contributed by atoms with Crippen LogP contribution in [0.5, 0.6) is 0 Å². The standard InChI is InChI=1S/C7H8N2OS/c1-11-7(10)2-6-3-8-5-9-4-6/h3-5H,2H2,1H3. The summed E-state index contributed by atoms with van der Waals surface area (Å²) in [5, 5.41) is 0.139. The van der Waals surface area contributed by atoms with Crippen LogP contribution in [0.15, 0.2) is 18.7 Å². The van der Waals surface area contributed by atoms with Crippen LogP contribution in [0, 0.1) is 0 Å². The van der Waals surface area contributed by atoms with Gasteiger partial charge in [0.15, 0.2) is 5.12 Å². The number of hydrogen-bond acceptors (Lipinski definition) is 4. The fraction of sp³-hybridized carbons (Fsp3) is 0.286. The van der Waals surface area contributed by atoms with E-state index < -0.39 is 0 Å². The Hall–Kier alpha value is -0.900. The SMILES string of the molecule is CSC(=O)Cc1cncnc1. The highest BCUT2D eigenvalue weighted by Gasteiger charge is 2.00. The van der Waals surface area contributed by atoms with Gasteiger partial charge in [0, 0.05) is 18.8 Å². The Kier molecular flexibility index (Phi) is 3.04. The quantitative estimate of drug-likeness (QED) is 0.658. The fourth-order valence-electron chi connectivity index (χ4n) is 0.660.